The summed E-state index contributed by atoms with van der Waals surface area (Å²) < 4.78 is 177. The molecule has 1 aliphatic rings. The van der Waals surface area contributed by atoms with Gasteiger partial charge in [-0.05, 0) is 0 Å². The standard InChI is InChI=1S/C29H6F12N6/c1-47-29(15-26(40)20(34)9(5-45)21(35)27(15)41)13-10(6(2-42)11-22(36)16(30)7(3-43)17(31)23(11)37)12(13)28(46)14-24(38)18(32)8(4-44)19(33)25(14)39/h47H,46H2,1H3. The lowest BCUT2D eigenvalue weighted by molar-refractivity contribution is 0.445. The summed E-state index contributed by atoms with van der Waals surface area (Å²) in [6, 6.07) is 3.54. The smallest absolute Gasteiger partial charge is 0.180 e. The molecular weight excluding hydrogens is 660 g/mol. The number of nitrogens with one attached hydrogen (secondary N) is 1. The Kier molecular flexibility index (Phi) is 8.44. The maximum atomic E-state index is 15.1. The Morgan fingerprint density at radius 3 is 1.09 bits per heavy atom. The van der Waals surface area contributed by atoms with Gasteiger partial charge >= 0.3 is 0 Å². The number of benzene rings is 3. The van der Waals surface area contributed by atoms with Gasteiger partial charge in [-0.15, -0.1) is 0 Å². The van der Waals surface area contributed by atoms with Crippen molar-refractivity contribution in [2.45, 2.75) is 0 Å². The van der Waals surface area contributed by atoms with Gasteiger partial charge in [0.25, 0.3) is 0 Å². The largest absolute Gasteiger partial charge is 0.398 e. The van der Waals surface area contributed by atoms with E-state index in [0.717, 1.165) is 31.3 Å². The van der Waals surface area contributed by atoms with Gasteiger partial charge in [0.1, 0.15) is 41.0 Å². The van der Waals surface area contributed by atoms with Crippen molar-refractivity contribution in [3.8, 4) is 24.3 Å². The highest BCUT2D eigenvalue weighted by Crippen LogP contribution is 2.56. The fourth-order valence-corrected chi connectivity index (χ4v) is 4.56. The average Bonchev–Trinajstić information content (AvgIpc) is 3.77. The number of rotatable bonds is 4. The van der Waals surface area contributed by atoms with Crippen LogP contribution in [0, 0.1) is 115 Å². The second-order valence-corrected chi connectivity index (χ2v) is 9.00. The number of nitriles is 4. The second-order valence-electron chi connectivity index (χ2n) is 9.00. The third-order valence-corrected chi connectivity index (χ3v) is 6.71. The van der Waals surface area contributed by atoms with Gasteiger partial charge in [-0.25, -0.2) is 52.7 Å². The molecule has 0 atom stereocenters. The molecule has 0 saturated heterocycles. The molecule has 18 heteroatoms. The maximum absolute atomic E-state index is 15.1. The van der Waals surface area contributed by atoms with Crippen LogP contribution in [0.5, 0.6) is 0 Å². The van der Waals surface area contributed by atoms with Crippen LogP contribution in [-0.2, 0) is 0 Å². The molecule has 47 heavy (non-hydrogen) atoms. The minimum atomic E-state index is -2.43. The van der Waals surface area contributed by atoms with Crippen LogP contribution in [0.1, 0.15) is 33.4 Å². The zero-order chi connectivity index (χ0) is 35.4. The molecule has 4 rings (SSSR count). The summed E-state index contributed by atoms with van der Waals surface area (Å²) in [4.78, 5) is 0. The molecular formula is C29H6F12N6. The third-order valence-electron chi connectivity index (χ3n) is 6.71. The summed E-state index contributed by atoms with van der Waals surface area (Å²) in [5.74, 6) is -28.3. The molecule has 0 aliphatic heterocycles. The molecule has 0 aromatic heterocycles. The van der Waals surface area contributed by atoms with E-state index < -0.39 is 137 Å². The number of allylic oxidation sites excluding steroid dienone is 4. The van der Waals surface area contributed by atoms with E-state index in [0.29, 0.717) is 0 Å². The third kappa shape index (κ3) is 4.66. The number of nitrogens with zero attached hydrogens (tertiary/aromatic N) is 4. The molecule has 6 nitrogen and oxygen atoms in total. The molecule has 1 fully saturated rings. The van der Waals surface area contributed by atoms with Crippen LogP contribution in [-0.4, -0.2) is 7.05 Å². The first kappa shape index (κ1) is 33.5. The van der Waals surface area contributed by atoms with E-state index in [4.69, 9.17) is 21.5 Å². The van der Waals surface area contributed by atoms with Crippen LogP contribution in [0.25, 0.3) is 17.0 Å². The first-order valence-electron chi connectivity index (χ1n) is 12.0. The van der Waals surface area contributed by atoms with E-state index in [1.54, 1.807) is 0 Å². The van der Waals surface area contributed by atoms with Crippen LogP contribution in [0.15, 0.2) is 16.7 Å². The molecule has 0 spiro atoms. The lowest BCUT2D eigenvalue weighted by Crippen LogP contribution is -2.14. The van der Waals surface area contributed by atoms with Gasteiger partial charge in [-0.1, -0.05) is 0 Å². The van der Waals surface area contributed by atoms with Crippen molar-refractivity contribution in [1.82, 2.24) is 5.32 Å². The summed E-state index contributed by atoms with van der Waals surface area (Å²) in [6.45, 7) is 0. The first-order valence-corrected chi connectivity index (χ1v) is 12.0. The number of hydrogen-bond donors (Lipinski definition) is 2. The van der Waals surface area contributed by atoms with Gasteiger partial charge in [0.2, 0.25) is 0 Å². The number of hydrogen-bond acceptors (Lipinski definition) is 6. The van der Waals surface area contributed by atoms with Crippen LogP contribution in [0.3, 0.4) is 0 Å². The van der Waals surface area contributed by atoms with E-state index in [1.165, 1.54) is 0 Å². The summed E-state index contributed by atoms with van der Waals surface area (Å²) in [7, 11) is 0.759. The minimum absolute atomic E-state index is 0.759. The summed E-state index contributed by atoms with van der Waals surface area (Å²) >= 11 is 0. The molecule has 0 heterocycles. The number of nitrogens with two attached hydrogens (primary N) is 1. The van der Waals surface area contributed by atoms with Crippen LogP contribution < -0.4 is 11.1 Å². The van der Waals surface area contributed by atoms with Gasteiger partial charge in [-0.3, -0.25) is 0 Å². The highest BCUT2D eigenvalue weighted by Gasteiger charge is 2.45. The zero-order valence-corrected chi connectivity index (χ0v) is 22.4. The highest BCUT2D eigenvalue weighted by atomic mass is 19.2. The van der Waals surface area contributed by atoms with E-state index in [9.17, 15) is 40.4 Å². The Hall–Kier alpha value is -6.40. The van der Waals surface area contributed by atoms with Crippen molar-refractivity contribution >= 4 is 17.0 Å². The second kappa shape index (κ2) is 11.8. The molecule has 1 aliphatic carbocycles. The van der Waals surface area contributed by atoms with Crippen molar-refractivity contribution in [2.24, 2.45) is 5.73 Å². The van der Waals surface area contributed by atoms with Crippen LogP contribution in [0.2, 0.25) is 0 Å². The Morgan fingerprint density at radius 1 is 0.468 bits per heavy atom. The van der Waals surface area contributed by atoms with Gasteiger partial charge in [0, 0.05) is 23.8 Å². The predicted octanol–water partition coefficient (Wildman–Crippen LogP) is 6.26. The van der Waals surface area contributed by atoms with Gasteiger partial charge < -0.3 is 11.1 Å². The summed E-state index contributed by atoms with van der Waals surface area (Å²) in [5.41, 5.74) is -13.1. The molecule has 236 valence electrons. The minimum Gasteiger partial charge on any atom is -0.398 e. The van der Waals surface area contributed by atoms with E-state index in [2.05, 4.69) is 0 Å². The van der Waals surface area contributed by atoms with Gasteiger partial charge in [0.15, 0.2) is 69.8 Å². The normalized spacial score (nSPS) is 15.3. The maximum Gasteiger partial charge on any atom is 0.180 e. The zero-order valence-electron chi connectivity index (χ0n) is 22.4. The molecule has 0 amide bonds. The first-order chi connectivity index (χ1) is 22.1. The Balaban J connectivity index is 2.32. The average molecular weight is 666 g/mol. The Labute approximate surface area is 253 Å². The molecule has 3 aromatic rings. The molecule has 1 saturated carbocycles. The topological polar surface area (TPSA) is 133 Å². The quantitative estimate of drug-likeness (QED) is 0.192. The lowest BCUT2D eigenvalue weighted by atomic mass is 10.00. The van der Waals surface area contributed by atoms with Crippen molar-refractivity contribution in [3.63, 3.8) is 0 Å². The highest BCUT2D eigenvalue weighted by molar-refractivity contribution is 6.08. The van der Waals surface area contributed by atoms with Crippen molar-refractivity contribution < 1.29 is 52.7 Å². The van der Waals surface area contributed by atoms with Crippen molar-refractivity contribution in [2.75, 3.05) is 7.05 Å². The van der Waals surface area contributed by atoms with Crippen LogP contribution in [0.4, 0.5) is 52.7 Å². The summed E-state index contributed by atoms with van der Waals surface area (Å²) in [5, 5.41) is 38.4. The van der Waals surface area contributed by atoms with E-state index >= 15 is 17.6 Å². The van der Waals surface area contributed by atoms with Gasteiger partial charge in [-0.2, -0.15) is 21.0 Å². The number of halogens is 12. The summed E-state index contributed by atoms with van der Waals surface area (Å²) in [6.07, 6.45) is 0. The Bertz CT molecular complexity index is 2170. The molecule has 3 N–H and O–H groups in total. The fourth-order valence-electron chi connectivity index (χ4n) is 4.56. The van der Waals surface area contributed by atoms with E-state index in [1.807, 2.05) is 5.32 Å². The lowest BCUT2D eigenvalue weighted by Gasteiger charge is -2.12. The molecule has 0 bridgehead atoms. The van der Waals surface area contributed by atoms with Crippen LogP contribution >= 0.6 is 0 Å². The van der Waals surface area contributed by atoms with E-state index in [-0.39, 0.29) is 0 Å². The van der Waals surface area contributed by atoms with Crippen molar-refractivity contribution in [1.29, 1.82) is 21.0 Å². The van der Waals surface area contributed by atoms with Crippen molar-refractivity contribution in [3.05, 3.63) is 120 Å². The van der Waals surface area contributed by atoms with Gasteiger partial charge in [0.05, 0.1) is 33.7 Å². The molecule has 0 radical (unpaired) electrons. The SMILES string of the molecule is CNC(=C1C(=C(N)c2c(F)c(F)c(C#N)c(F)c2F)C1=C(C#N)c1c(F)c(F)c(C#N)c(F)c1F)c1c(F)c(F)c(C#N)c(F)c1F. The predicted molar refractivity (Wildman–Crippen MR) is 133 cm³/mol. The molecule has 0 unspecified atom stereocenters. The Morgan fingerprint density at radius 2 is 0.787 bits per heavy atom. The fraction of sp³-hybridized carbons (Fsp3) is 0.0345. The monoisotopic (exact) mass is 666 g/mol. The molecule has 3 aromatic carbocycles.